The smallest absolute Gasteiger partial charge is 0.376 e. The fourth-order valence-electron chi connectivity index (χ4n) is 0.972. The van der Waals surface area contributed by atoms with Crippen LogP contribution in [0.1, 0.15) is 6.92 Å². The Morgan fingerprint density at radius 1 is 1.47 bits per heavy atom. The molecule has 0 bridgehead atoms. The standard InChI is InChI=1S/C10H9ClO4/c1-6(9(12)10(13)14)15-8-4-2-3-7(11)5-8/h2-6H,1H3,(H,13,14)/t6-/m1/s1. The van der Waals surface area contributed by atoms with Crippen molar-refractivity contribution < 1.29 is 19.4 Å². The second-order valence-corrected chi connectivity index (χ2v) is 3.32. The summed E-state index contributed by atoms with van der Waals surface area (Å²) in [6.45, 7) is 1.37. The number of ketones is 1. The van der Waals surface area contributed by atoms with Gasteiger partial charge in [0.05, 0.1) is 0 Å². The molecule has 0 unspecified atom stereocenters. The summed E-state index contributed by atoms with van der Waals surface area (Å²) in [5.41, 5.74) is 0. The van der Waals surface area contributed by atoms with Gasteiger partial charge in [-0.3, -0.25) is 4.79 Å². The Bertz CT molecular complexity index is 389. The number of hydrogen-bond acceptors (Lipinski definition) is 3. The predicted molar refractivity (Wildman–Crippen MR) is 54.2 cm³/mol. The van der Waals surface area contributed by atoms with Gasteiger partial charge in [0.15, 0.2) is 6.10 Å². The van der Waals surface area contributed by atoms with E-state index in [1.54, 1.807) is 18.2 Å². The van der Waals surface area contributed by atoms with E-state index >= 15 is 0 Å². The van der Waals surface area contributed by atoms with Crippen LogP contribution in [-0.4, -0.2) is 23.0 Å². The molecule has 0 aliphatic heterocycles. The van der Waals surface area contributed by atoms with E-state index in [2.05, 4.69) is 0 Å². The molecule has 1 N–H and O–H groups in total. The quantitative estimate of drug-likeness (QED) is 0.798. The number of Topliss-reactive ketones (excluding diaryl/α,β-unsaturated/α-hetero) is 1. The van der Waals surface area contributed by atoms with Crippen LogP contribution in [0, 0.1) is 0 Å². The number of aliphatic carboxylic acids is 1. The summed E-state index contributed by atoms with van der Waals surface area (Å²) >= 11 is 5.69. The minimum Gasteiger partial charge on any atom is -0.482 e. The summed E-state index contributed by atoms with van der Waals surface area (Å²) in [5.74, 6) is -2.14. The molecule has 4 nitrogen and oxygen atoms in total. The minimum absolute atomic E-state index is 0.365. The van der Waals surface area contributed by atoms with Gasteiger partial charge in [0.25, 0.3) is 5.78 Å². The highest BCUT2D eigenvalue weighted by molar-refractivity contribution is 6.34. The SMILES string of the molecule is C[C@@H](Oc1cccc(Cl)c1)C(=O)C(=O)O. The molecule has 0 saturated carbocycles. The molecule has 5 heteroatoms. The molecule has 15 heavy (non-hydrogen) atoms. The molecule has 0 aliphatic rings. The molecule has 0 heterocycles. The third kappa shape index (κ3) is 3.25. The van der Waals surface area contributed by atoms with Crippen LogP contribution in [0.4, 0.5) is 0 Å². The van der Waals surface area contributed by atoms with Crippen LogP contribution >= 0.6 is 11.6 Å². The van der Waals surface area contributed by atoms with Gasteiger partial charge < -0.3 is 9.84 Å². The Balaban J connectivity index is 2.70. The number of rotatable bonds is 4. The first kappa shape index (κ1) is 11.5. The predicted octanol–water partition coefficient (Wildman–Crippen LogP) is 1.76. The lowest BCUT2D eigenvalue weighted by molar-refractivity contribution is -0.152. The van der Waals surface area contributed by atoms with Gasteiger partial charge in [-0.15, -0.1) is 0 Å². The van der Waals surface area contributed by atoms with Gasteiger partial charge >= 0.3 is 5.97 Å². The number of hydrogen-bond donors (Lipinski definition) is 1. The Morgan fingerprint density at radius 3 is 2.67 bits per heavy atom. The van der Waals surface area contributed by atoms with Gasteiger partial charge in [0.2, 0.25) is 0 Å². The molecule has 0 aromatic heterocycles. The van der Waals surface area contributed by atoms with Crippen molar-refractivity contribution in [1.29, 1.82) is 0 Å². The first-order chi connectivity index (χ1) is 7.00. The minimum atomic E-state index is -1.51. The number of halogens is 1. The molecule has 0 spiro atoms. The maximum atomic E-state index is 11.0. The van der Waals surface area contributed by atoms with E-state index in [4.69, 9.17) is 21.4 Å². The second kappa shape index (κ2) is 4.79. The molecule has 1 rings (SSSR count). The van der Waals surface area contributed by atoms with Crippen molar-refractivity contribution >= 4 is 23.4 Å². The third-order valence-electron chi connectivity index (χ3n) is 1.69. The van der Waals surface area contributed by atoms with Crippen LogP contribution in [0.2, 0.25) is 5.02 Å². The van der Waals surface area contributed by atoms with Crippen LogP contribution in [0.3, 0.4) is 0 Å². The van der Waals surface area contributed by atoms with Gasteiger partial charge in [-0.05, 0) is 25.1 Å². The average molecular weight is 229 g/mol. The molecular weight excluding hydrogens is 220 g/mol. The molecule has 80 valence electrons. The van der Waals surface area contributed by atoms with E-state index in [1.807, 2.05) is 0 Å². The monoisotopic (exact) mass is 228 g/mol. The number of carbonyl (C=O) groups excluding carboxylic acids is 1. The number of carboxylic acids is 1. The highest BCUT2D eigenvalue weighted by Gasteiger charge is 2.21. The normalized spacial score (nSPS) is 11.9. The summed E-state index contributed by atoms with van der Waals surface area (Å²) < 4.78 is 5.10. The number of carbonyl (C=O) groups is 2. The van der Waals surface area contributed by atoms with Crippen LogP contribution in [0.5, 0.6) is 5.75 Å². The van der Waals surface area contributed by atoms with E-state index in [0.717, 1.165) is 0 Å². The van der Waals surface area contributed by atoms with Gasteiger partial charge in [-0.25, -0.2) is 4.79 Å². The average Bonchev–Trinajstić information content (AvgIpc) is 2.16. The highest BCUT2D eigenvalue weighted by Crippen LogP contribution is 2.18. The van der Waals surface area contributed by atoms with Gasteiger partial charge in [-0.1, -0.05) is 17.7 Å². The molecule has 0 radical (unpaired) electrons. The fraction of sp³-hybridized carbons (Fsp3) is 0.200. The molecule has 0 amide bonds. The Hall–Kier alpha value is -1.55. The van der Waals surface area contributed by atoms with Crippen molar-refractivity contribution in [1.82, 2.24) is 0 Å². The maximum Gasteiger partial charge on any atom is 0.376 e. The van der Waals surface area contributed by atoms with Crippen LogP contribution in [-0.2, 0) is 9.59 Å². The topological polar surface area (TPSA) is 63.6 Å². The van der Waals surface area contributed by atoms with E-state index in [0.29, 0.717) is 10.8 Å². The van der Waals surface area contributed by atoms with Gasteiger partial charge in [0, 0.05) is 5.02 Å². The molecule has 1 aromatic carbocycles. The Morgan fingerprint density at radius 2 is 2.13 bits per heavy atom. The van der Waals surface area contributed by atoms with Crippen LogP contribution in [0.25, 0.3) is 0 Å². The largest absolute Gasteiger partial charge is 0.482 e. The molecule has 0 saturated heterocycles. The third-order valence-corrected chi connectivity index (χ3v) is 1.92. The molecule has 0 fully saturated rings. The zero-order chi connectivity index (χ0) is 11.4. The summed E-state index contributed by atoms with van der Waals surface area (Å²) in [6, 6.07) is 6.40. The first-order valence-electron chi connectivity index (χ1n) is 4.20. The Kier molecular flexibility index (Phi) is 3.68. The highest BCUT2D eigenvalue weighted by atomic mass is 35.5. The molecule has 0 aliphatic carbocycles. The maximum absolute atomic E-state index is 11.0. The van der Waals surface area contributed by atoms with Crippen molar-refractivity contribution in [2.45, 2.75) is 13.0 Å². The molecular formula is C10H9ClO4. The number of ether oxygens (including phenoxy) is 1. The van der Waals surface area contributed by atoms with E-state index in [-0.39, 0.29) is 0 Å². The summed E-state index contributed by atoms with van der Waals surface area (Å²) in [6.07, 6.45) is -1.03. The van der Waals surface area contributed by atoms with Crippen molar-refractivity contribution in [3.63, 3.8) is 0 Å². The second-order valence-electron chi connectivity index (χ2n) is 2.89. The fourth-order valence-corrected chi connectivity index (χ4v) is 1.15. The lowest BCUT2D eigenvalue weighted by atomic mass is 10.2. The van der Waals surface area contributed by atoms with E-state index in [1.165, 1.54) is 13.0 Å². The van der Waals surface area contributed by atoms with Gasteiger partial charge in [0.1, 0.15) is 5.75 Å². The number of benzene rings is 1. The Labute approximate surface area is 91.4 Å². The summed E-state index contributed by atoms with van der Waals surface area (Å²) in [5, 5.41) is 8.89. The number of carboxylic acid groups (broad SMARTS) is 1. The lowest BCUT2D eigenvalue weighted by Crippen LogP contribution is -2.30. The summed E-state index contributed by atoms with van der Waals surface area (Å²) in [7, 11) is 0. The van der Waals surface area contributed by atoms with E-state index in [9.17, 15) is 9.59 Å². The van der Waals surface area contributed by atoms with Crippen molar-refractivity contribution in [2.24, 2.45) is 0 Å². The zero-order valence-corrected chi connectivity index (χ0v) is 8.69. The zero-order valence-electron chi connectivity index (χ0n) is 7.94. The van der Waals surface area contributed by atoms with Crippen LogP contribution in [0.15, 0.2) is 24.3 Å². The molecule has 1 aromatic rings. The summed E-state index contributed by atoms with van der Waals surface area (Å²) in [4.78, 5) is 21.3. The van der Waals surface area contributed by atoms with Crippen molar-refractivity contribution in [2.75, 3.05) is 0 Å². The first-order valence-corrected chi connectivity index (χ1v) is 4.58. The van der Waals surface area contributed by atoms with Crippen molar-refractivity contribution in [3.05, 3.63) is 29.3 Å². The van der Waals surface area contributed by atoms with Gasteiger partial charge in [-0.2, -0.15) is 0 Å². The molecule has 1 atom stereocenters. The lowest BCUT2D eigenvalue weighted by Gasteiger charge is -2.11. The van der Waals surface area contributed by atoms with E-state index < -0.39 is 17.9 Å². The van der Waals surface area contributed by atoms with Crippen LogP contribution < -0.4 is 4.74 Å². The van der Waals surface area contributed by atoms with Crippen molar-refractivity contribution in [3.8, 4) is 5.75 Å².